The minimum atomic E-state index is -0.482. The van der Waals surface area contributed by atoms with E-state index in [0.29, 0.717) is 22.2 Å². The Kier molecular flexibility index (Phi) is 5.93. The highest BCUT2D eigenvalue weighted by Crippen LogP contribution is 2.36. The van der Waals surface area contributed by atoms with Crippen LogP contribution < -0.4 is 20.1 Å². The molecule has 0 saturated heterocycles. The number of methoxy groups -OCH3 is 2. The fourth-order valence-electron chi connectivity index (χ4n) is 2.16. The Hall–Kier alpha value is -2.40. The number of carbonyl (C=O) groups excluding carboxylic acids is 1. The Balaban J connectivity index is 2.10. The number of amides is 1. The maximum atomic E-state index is 12.3. The van der Waals surface area contributed by atoms with Gasteiger partial charge in [0.15, 0.2) is 0 Å². The fourth-order valence-corrected chi connectivity index (χ4v) is 2.40. The number of ether oxygens (including phenoxy) is 2. The van der Waals surface area contributed by atoms with Crippen LogP contribution in [0.25, 0.3) is 0 Å². The first-order valence-electron chi connectivity index (χ1n) is 7.50. The van der Waals surface area contributed by atoms with Crippen molar-refractivity contribution in [3.05, 3.63) is 47.0 Å². The molecular formula is C18H21ClN2O3. The van der Waals surface area contributed by atoms with Crippen molar-refractivity contribution < 1.29 is 14.3 Å². The number of halogens is 1. The van der Waals surface area contributed by atoms with Crippen LogP contribution in [-0.4, -0.2) is 26.2 Å². The lowest BCUT2D eigenvalue weighted by atomic mass is 10.2. The van der Waals surface area contributed by atoms with Gasteiger partial charge in [-0.15, -0.1) is 0 Å². The number of hydrogen-bond donors (Lipinski definition) is 2. The summed E-state index contributed by atoms with van der Waals surface area (Å²) >= 11 is 6.14. The van der Waals surface area contributed by atoms with Gasteiger partial charge in [-0.1, -0.05) is 29.3 Å². The van der Waals surface area contributed by atoms with E-state index in [1.165, 1.54) is 7.11 Å². The van der Waals surface area contributed by atoms with E-state index in [1.807, 2.05) is 31.2 Å². The van der Waals surface area contributed by atoms with Crippen molar-refractivity contribution in [2.75, 3.05) is 24.9 Å². The standard InChI is InChI=1S/C18H21ClN2O3/c1-11-5-7-13(8-6-11)21-18(22)12(2)20-15-9-14(19)16(23-3)10-17(15)24-4/h5-10,12,20H,1-4H3,(H,21,22)/t12-/m1/s1. The molecule has 0 aliphatic heterocycles. The van der Waals surface area contributed by atoms with Crippen LogP contribution in [0.3, 0.4) is 0 Å². The molecule has 0 saturated carbocycles. The van der Waals surface area contributed by atoms with Gasteiger partial charge in [-0.2, -0.15) is 0 Å². The number of rotatable bonds is 6. The molecule has 1 amide bonds. The van der Waals surface area contributed by atoms with Gasteiger partial charge < -0.3 is 20.1 Å². The topological polar surface area (TPSA) is 59.6 Å². The summed E-state index contributed by atoms with van der Waals surface area (Å²) in [4.78, 5) is 12.3. The van der Waals surface area contributed by atoms with Crippen LogP contribution in [-0.2, 0) is 4.79 Å². The van der Waals surface area contributed by atoms with E-state index in [1.54, 1.807) is 26.2 Å². The highest BCUT2D eigenvalue weighted by molar-refractivity contribution is 6.32. The van der Waals surface area contributed by atoms with Crippen LogP contribution in [0, 0.1) is 6.92 Å². The number of anilines is 2. The summed E-state index contributed by atoms with van der Waals surface area (Å²) in [6, 6.07) is 10.5. The van der Waals surface area contributed by atoms with Gasteiger partial charge in [0.05, 0.1) is 24.9 Å². The molecule has 128 valence electrons. The molecule has 0 aliphatic rings. The highest BCUT2D eigenvalue weighted by Gasteiger charge is 2.17. The lowest BCUT2D eigenvalue weighted by Gasteiger charge is -2.18. The summed E-state index contributed by atoms with van der Waals surface area (Å²) in [7, 11) is 3.08. The van der Waals surface area contributed by atoms with Gasteiger partial charge in [-0.3, -0.25) is 4.79 Å². The van der Waals surface area contributed by atoms with E-state index in [9.17, 15) is 4.79 Å². The summed E-state index contributed by atoms with van der Waals surface area (Å²) in [6.45, 7) is 3.76. The Morgan fingerprint density at radius 3 is 2.29 bits per heavy atom. The molecule has 0 heterocycles. The van der Waals surface area contributed by atoms with E-state index >= 15 is 0 Å². The zero-order chi connectivity index (χ0) is 17.7. The average Bonchev–Trinajstić information content (AvgIpc) is 2.57. The molecule has 0 aliphatic carbocycles. The quantitative estimate of drug-likeness (QED) is 0.825. The van der Waals surface area contributed by atoms with Crippen LogP contribution in [0.1, 0.15) is 12.5 Å². The molecule has 5 nitrogen and oxygen atoms in total. The summed E-state index contributed by atoms with van der Waals surface area (Å²) in [5, 5.41) is 6.41. The maximum Gasteiger partial charge on any atom is 0.246 e. The van der Waals surface area contributed by atoms with Crippen molar-refractivity contribution in [2.24, 2.45) is 0 Å². The monoisotopic (exact) mass is 348 g/mol. The van der Waals surface area contributed by atoms with Crippen molar-refractivity contribution in [2.45, 2.75) is 19.9 Å². The van der Waals surface area contributed by atoms with Gasteiger partial charge in [0.25, 0.3) is 0 Å². The molecule has 2 aromatic carbocycles. The number of hydrogen-bond acceptors (Lipinski definition) is 4. The second-order valence-corrected chi connectivity index (χ2v) is 5.82. The van der Waals surface area contributed by atoms with E-state index in [0.717, 1.165) is 11.3 Å². The Morgan fingerprint density at radius 1 is 1.08 bits per heavy atom. The van der Waals surface area contributed by atoms with Crippen molar-refractivity contribution in [3.8, 4) is 11.5 Å². The lowest BCUT2D eigenvalue weighted by Crippen LogP contribution is -2.32. The molecular weight excluding hydrogens is 328 g/mol. The molecule has 2 N–H and O–H groups in total. The third-order valence-electron chi connectivity index (χ3n) is 3.56. The van der Waals surface area contributed by atoms with Crippen molar-refractivity contribution >= 4 is 28.9 Å². The number of carbonyl (C=O) groups is 1. The van der Waals surface area contributed by atoms with Crippen LogP contribution in [0.15, 0.2) is 36.4 Å². The van der Waals surface area contributed by atoms with Crippen molar-refractivity contribution in [1.82, 2.24) is 0 Å². The van der Waals surface area contributed by atoms with Gasteiger partial charge >= 0.3 is 0 Å². The predicted molar refractivity (Wildman–Crippen MR) is 97.4 cm³/mol. The largest absolute Gasteiger partial charge is 0.495 e. The van der Waals surface area contributed by atoms with Crippen molar-refractivity contribution in [1.29, 1.82) is 0 Å². The van der Waals surface area contributed by atoms with E-state index in [2.05, 4.69) is 10.6 Å². The molecule has 0 aromatic heterocycles. The molecule has 6 heteroatoms. The van der Waals surface area contributed by atoms with Crippen LogP contribution >= 0.6 is 11.6 Å². The number of benzene rings is 2. The van der Waals surface area contributed by atoms with Gasteiger partial charge in [-0.05, 0) is 32.0 Å². The van der Waals surface area contributed by atoms with Crippen LogP contribution in [0.5, 0.6) is 11.5 Å². The molecule has 1 atom stereocenters. The number of aryl methyl sites for hydroxylation is 1. The maximum absolute atomic E-state index is 12.3. The van der Waals surface area contributed by atoms with Crippen LogP contribution in [0.2, 0.25) is 5.02 Å². The molecule has 0 radical (unpaired) electrons. The zero-order valence-electron chi connectivity index (χ0n) is 14.1. The Morgan fingerprint density at radius 2 is 1.71 bits per heavy atom. The average molecular weight is 349 g/mol. The van der Waals surface area contributed by atoms with Gasteiger partial charge in [0.2, 0.25) is 5.91 Å². The second kappa shape index (κ2) is 7.93. The van der Waals surface area contributed by atoms with E-state index in [4.69, 9.17) is 21.1 Å². The summed E-state index contributed by atoms with van der Waals surface area (Å²) in [5.74, 6) is 0.898. The molecule has 0 unspecified atom stereocenters. The smallest absolute Gasteiger partial charge is 0.246 e. The Labute approximate surface area is 146 Å². The molecule has 0 fully saturated rings. The molecule has 2 rings (SSSR count). The lowest BCUT2D eigenvalue weighted by molar-refractivity contribution is -0.116. The minimum Gasteiger partial charge on any atom is -0.495 e. The third-order valence-corrected chi connectivity index (χ3v) is 3.85. The SMILES string of the molecule is COc1cc(OC)c(N[C@H](C)C(=O)Nc2ccc(C)cc2)cc1Cl. The molecule has 24 heavy (non-hydrogen) atoms. The van der Waals surface area contributed by atoms with Gasteiger partial charge in [0.1, 0.15) is 17.5 Å². The highest BCUT2D eigenvalue weighted by atomic mass is 35.5. The van der Waals surface area contributed by atoms with Crippen molar-refractivity contribution in [3.63, 3.8) is 0 Å². The van der Waals surface area contributed by atoms with Crippen LogP contribution in [0.4, 0.5) is 11.4 Å². The van der Waals surface area contributed by atoms with E-state index < -0.39 is 6.04 Å². The normalized spacial score (nSPS) is 11.5. The minimum absolute atomic E-state index is 0.159. The third kappa shape index (κ3) is 4.32. The number of nitrogens with one attached hydrogen (secondary N) is 2. The van der Waals surface area contributed by atoms with Gasteiger partial charge in [-0.25, -0.2) is 0 Å². The molecule has 0 spiro atoms. The Bertz CT molecular complexity index is 717. The predicted octanol–water partition coefficient (Wildman–Crippen LogP) is 4.10. The zero-order valence-corrected chi connectivity index (χ0v) is 14.9. The van der Waals surface area contributed by atoms with Gasteiger partial charge in [0, 0.05) is 11.8 Å². The summed E-state index contributed by atoms with van der Waals surface area (Å²) in [5.41, 5.74) is 2.51. The second-order valence-electron chi connectivity index (χ2n) is 5.41. The molecule has 2 aromatic rings. The summed E-state index contributed by atoms with van der Waals surface area (Å²) in [6.07, 6.45) is 0. The first kappa shape index (κ1) is 17.9. The fraction of sp³-hybridized carbons (Fsp3) is 0.278. The first-order chi connectivity index (χ1) is 11.4. The summed E-state index contributed by atoms with van der Waals surface area (Å²) < 4.78 is 10.5. The molecule has 0 bridgehead atoms. The van der Waals surface area contributed by atoms with E-state index in [-0.39, 0.29) is 5.91 Å². The first-order valence-corrected chi connectivity index (χ1v) is 7.88.